The zero-order valence-corrected chi connectivity index (χ0v) is 33.1. The molecule has 15 heteroatoms. The van der Waals surface area contributed by atoms with Crippen LogP contribution < -0.4 is 0 Å². The van der Waals surface area contributed by atoms with E-state index in [1.807, 2.05) is 20.8 Å². The molecule has 0 aliphatic rings. The van der Waals surface area contributed by atoms with Crippen molar-refractivity contribution in [1.82, 2.24) is 4.90 Å². The van der Waals surface area contributed by atoms with Gasteiger partial charge in [-0.2, -0.15) is 0 Å². The zero-order chi connectivity index (χ0) is 35.9. The van der Waals surface area contributed by atoms with Gasteiger partial charge in [0, 0.05) is 20.2 Å². The van der Waals surface area contributed by atoms with Gasteiger partial charge < -0.3 is 61.7 Å². The van der Waals surface area contributed by atoms with E-state index in [2.05, 4.69) is 22.6 Å². The summed E-state index contributed by atoms with van der Waals surface area (Å²) in [7, 11) is 1.68. The minimum absolute atomic E-state index is 0.363. The molecule has 0 aromatic heterocycles. The quantitative estimate of drug-likeness (QED) is 0.0503. The van der Waals surface area contributed by atoms with E-state index in [1.54, 1.807) is 7.05 Å². The van der Waals surface area contributed by atoms with Crippen LogP contribution in [0.2, 0.25) is 0 Å². The van der Waals surface area contributed by atoms with Crippen molar-refractivity contribution in [2.24, 2.45) is 0 Å². The Bertz CT molecular complexity index is 676. The van der Waals surface area contributed by atoms with Gasteiger partial charge in [-0.15, -0.1) is 0 Å². The third-order valence-electron chi connectivity index (χ3n) is 6.17. The zero-order valence-electron chi connectivity index (χ0n) is 30.9. The van der Waals surface area contributed by atoms with Gasteiger partial charge in [0.25, 0.3) is 0 Å². The SMILES string of the molecule is CN(CCOCCOCCOCCOCCOCCOCCOCCOCCOCCOCCOCCCCCCI)C(=O)OC(C)(C)C. The number of carbonyl (C=O) groups excluding carboxylic acids is 1. The topological polar surface area (TPSA) is 131 Å². The number of amides is 1. The average Bonchev–Trinajstić information content (AvgIpc) is 3.06. The third kappa shape index (κ3) is 41.9. The van der Waals surface area contributed by atoms with Crippen molar-refractivity contribution in [3.05, 3.63) is 0 Å². The van der Waals surface area contributed by atoms with Crippen molar-refractivity contribution in [1.29, 1.82) is 0 Å². The van der Waals surface area contributed by atoms with E-state index >= 15 is 0 Å². The second-order valence-corrected chi connectivity index (χ2v) is 12.8. The van der Waals surface area contributed by atoms with Crippen LogP contribution in [0.4, 0.5) is 4.79 Å². The average molecular weight is 826 g/mol. The van der Waals surface area contributed by atoms with Crippen LogP contribution in [0.15, 0.2) is 0 Å². The maximum atomic E-state index is 11.9. The molecule has 0 unspecified atom stereocenters. The lowest BCUT2D eigenvalue weighted by Gasteiger charge is -2.24. The Morgan fingerprint density at radius 1 is 0.429 bits per heavy atom. The summed E-state index contributed by atoms with van der Waals surface area (Å²) in [6.45, 7) is 17.5. The largest absolute Gasteiger partial charge is 0.444 e. The number of ether oxygens (including phenoxy) is 12. The summed E-state index contributed by atoms with van der Waals surface area (Å²) in [4.78, 5) is 13.4. The number of halogens is 1. The molecule has 0 aromatic rings. The first-order chi connectivity index (χ1) is 23.9. The lowest BCUT2D eigenvalue weighted by molar-refractivity contribution is -0.0277. The molecule has 0 atom stereocenters. The van der Waals surface area contributed by atoms with E-state index in [9.17, 15) is 4.79 Å². The summed E-state index contributed by atoms with van der Waals surface area (Å²) in [5, 5.41) is 0. The first kappa shape index (κ1) is 48.6. The maximum Gasteiger partial charge on any atom is 0.410 e. The molecule has 294 valence electrons. The summed E-state index contributed by atoms with van der Waals surface area (Å²) in [6.07, 6.45) is 4.60. The minimum Gasteiger partial charge on any atom is -0.444 e. The minimum atomic E-state index is -0.509. The van der Waals surface area contributed by atoms with E-state index in [1.165, 1.54) is 28.6 Å². The Morgan fingerprint density at radius 3 is 0.980 bits per heavy atom. The molecule has 0 aliphatic heterocycles. The normalized spacial score (nSPS) is 11.8. The second-order valence-electron chi connectivity index (χ2n) is 11.7. The van der Waals surface area contributed by atoms with Crippen molar-refractivity contribution < 1.29 is 61.6 Å². The Kier molecular flexibility index (Phi) is 38.4. The fourth-order valence-electron chi connectivity index (χ4n) is 3.59. The fraction of sp³-hybridized carbons (Fsp3) is 0.971. The van der Waals surface area contributed by atoms with Crippen molar-refractivity contribution in [3.63, 3.8) is 0 Å². The summed E-state index contributed by atoms with van der Waals surface area (Å²) in [5.41, 5.74) is -0.509. The number of unbranched alkanes of at least 4 members (excludes halogenated alkanes) is 3. The highest BCUT2D eigenvalue weighted by atomic mass is 127. The molecule has 0 saturated carbocycles. The lowest BCUT2D eigenvalue weighted by Crippen LogP contribution is -2.36. The molecule has 0 aromatic carbocycles. The monoisotopic (exact) mass is 825 g/mol. The van der Waals surface area contributed by atoms with Gasteiger partial charge in [0.15, 0.2) is 0 Å². The second kappa shape index (κ2) is 38.8. The van der Waals surface area contributed by atoms with Gasteiger partial charge in [0.1, 0.15) is 5.60 Å². The highest BCUT2D eigenvalue weighted by molar-refractivity contribution is 14.1. The van der Waals surface area contributed by atoms with Crippen LogP contribution in [0.3, 0.4) is 0 Å². The van der Waals surface area contributed by atoms with Crippen molar-refractivity contribution in [3.8, 4) is 0 Å². The van der Waals surface area contributed by atoms with Crippen LogP contribution in [0, 0.1) is 0 Å². The van der Waals surface area contributed by atoms with Gasteiger partial charge in [-0.25, -0.2) is 4.79 Å². The number of carbonyl (C=O) groups is 1. The van der Waals surface area contributed by atoms with E-state index in [4.69, 9.17) is 56.8 Å². The van der Waals surface area contributed by atoms with Crippen molar-refractivity contribution in [2.75, 3.05) is 163 Å². The number of nitrogens with zero attached hydrogens (tertiary/aromatic N) is 1. The standard InChI is InChI=1S/C34H68INO13/c1-34(2,3)49-33(37)36(4)10-12-39-14-16-41-18-20-43-22-24-45-26-28-47-30-32-48-31-29-46-27-25-44-23-21-42-19-17-40-15-13-38-11-8-6-5-7-9-35/h5-32H2,1-4H3. The van der Waals surface area contributed by atoms with Crippen LogP contribution in [-0.4, -0.2) is 180 Å². The number of alkyl halides is 1. The highest BCUT2D eigenvalue weighted by Crippen LogP contribution is 2.08. The van der Waals surface area contributed by atoms with E-state index in [0.29, 0.717) is 145 Å². The molecule has 0 spiro atoms. The molecule has 0 fully saturated rings. The lowest BCUT2D eigenvalue weighted by atomic mass is 10.2. The Balaban J connectivity index is 3.13. The number of likely N-dealkylation sites (N-methyl/N-ethyl adjacent to an activating group) is 1. The van der Waals surface area contributed by atoms with Crippen LogP contribution in [-0.2, 0) is 56.8 Å². The smallest absolute Gasteiger partial charge is 0.410 e. The molecule has 0 aliphatic carbocycles. The molecular weight excluding hydrogens is 757 g/mol. The van der Waals surface area contributed by atoms with Crippen molar-refractivity contribution >= 4 is 28.7 Å². The van der Waals surface area contributed by atoms with Gasteiger partial charge >= 0.3 is 6.09 Å². The molecular formula is C34H68INO13. The molecule has 14 nitrogen and oxygen atoms in total. The first-order valence-corrected chi connectivity index (χ1v) is 19.2. The molecule has 0 radical (unpaired) electrons. The summed E-state index contributed by atoms with van der Waals surface area (Å²) >= 11 is 2.42. The van der Waals surface area contributed by atoms with Gasteiger partial charge in [-0.3, -0.25) is 0 Å². The van der Waals surface area contributed by atoms with E-state index < -0.39 is 5.60 Å². The predicted octanol–water partition coefficient (Wildman–Crippen LogP) is 4.03. The van der Waals surface area contributed by atoms with E-state index in [0.717, 1.165) is 13.0 Å². The summed E-state index contributed by atoms with van der Waals surface area (Å²) < 4.78 is 67.0. The Morgan fingerprint density at radius 2 is 0.694 bits per heavy atom. The van der Waals surface area contributed by atoms with Crippen LogP contribution in [0.25, 0.3) is 0 Å². The molecule has 0 heterocycles. The number of hydrogen-bond acceptors (Lipinski definition) is 13. The molecule has 49 heavy (non-hydrogen) atoms. The number of hydrogen-bond donors (Lipinski definition) is 0. The van der Waals surface area contributed by atoms with E-state index in [-0.39, 0.29) is 6.09 Å². The first-order valence-electron chi connectivity index (χ1n) is 17.7. The number of rotatable bonds is 39. The van der Waals surface area contributed by atoms with Gasteiger partial charge in [-0.05, 0) is 38.0 Å². The van der Waals surface area contributed by atoms with Gasteiger partial charge in [0.05, 0.1) is 139 Å². The molecule has 0 saturated heterocycles. The summed E-state index contributed by atoms with van der Waals surface area (Å²) in [6, 6.07) is 0. The van der Waals surface area contributed by atoms with Gasteiger partial charge in [-0.1, -0.05) is 35.4 Å². The van der Waals surface area contributed by atoms with Crippen LogP contribution >= 0.6 is 22.6 Å². The maximum absolute atomic E-state index is 11.9. The highest BCUT2D eigenvalue weighted by Gasteiger charge is 2.19. The molecule has 0 rings (SSSR count). The van der Waals surface area contributed by atoms with Gasteiger partial charge in [0.2, 0.25) is 0 Å². The fourth-order valence-corrected chi connectivity index (χ4v) is 4.13. The predicted molar refractivity (Wildman–Crippen MR) is 195 cm³/mol. The molecule has 0 N–H and O–H groups in total. The Hall–Kier alpha value is -0.440. The third-order valence-corrected chi connectivity index (χ3v) is 6.93. The molecule has 0 bridgehead atoms. The van der Waals surface area contributed by atoms with Crippen molar-refractivity contribution in [2.45, 2.75) is 52.1 Å². The van der Waals surface area contributed by atoms with Crippen LogP contribution in [0.1, 0.15) is 46.5 Å². The molecule has 1 amide bonds. The summed E-state index contributed by atoms with van der Waals surface area (Å²) in [5.74, 6) is 0. The Labute approximate surface area is 309 Å². The van der Waals surface area contributed by atoms with Crippen LogP contribution in [0.5, 0.6) is 0 Å².